The fourth-order valence-corrected chi connectivity index (χ4v) is 2.85. The molecule has 1 N–H and O–H groups in total. The molecule has 1 atom stereocenters. The molecule has 3 rings (SSSR count). The van der Waals surface area contributed by atoms with Crippen molar-refractivity contribution in [2.45, 2.75) is 31.2 Å². The average Bonchev–Trinajstić information content (AvgIpc) is 3.13. The summed E-state index contributed by atoms with van der Waals surface area (Å²) in [4.78, 5) is 4.17. The first-order chi connectivity index (χ1) is 10.2. The minimum Gasteiger partial charge on any atom is -0.262 e. The molecule has 3 aromatic rings. The Morgan fingerprint density at radius 2 is 2.14 bits per heavy atom. The predicted octanol–water partition coefficient (Wildman–Crippen LogP) is 2.25. The number of nitrogens with zero attached hydrogens (tertiary/aromatic N) is 6. The molecule has 0 saturated heterocycles. The molecular formula is C13H15N7S. The van der Waals surface area contributed by atoms with Gasteiger partial charge in [-0.05, 0) is 48.4 Å². The first-order valence-electron chi connectivity index (χ1n) is 6.53. The maximum absolute atomic E-state index is 4.17. The summed E-state index contributed by atoms with van der Waals surface area (Å²) in [5.74, 6) is 0.801. The highest BCUT2D eigenvalue weighted by atomic mass is 32.2. The number of thioether (sulfide) groups is 1. The molecule has 0 radical (unpaired) electrons. The molecule has 0 saturated carbocycles. The Morgan fingerprint density at radius 1 is 1.29 bits per heavy atom. The van der Waals surface area contributed by atoms with E-state index in [1.807, 2.05) is 19.1 Å². The van der Waals surface area contributed by atoms with Crippen LogP contribution in [0.4, 0.5) is 0 Å². The zero-order valence-electron chi connectivity index (χ0n) is 12.0. The van der Waals surface area contributed by atoms with Crippen LogP contribution >= 0.6 is 11.8 Å². The van der Waals surface area contributed by atoms with Crippen LogP contribution in [0.1, 0.15) is 29.1 Å². The van der Waals surface area contributed by atoms with Gasteiger partial charge in [0.05, 0.1) is 10.9 Å². The van der Waals surface area contributed by atoms with Gasteiger partial charge in [-0.25, -0.2) is 4.98 Å². The van der Waals surface area contributed by atoms with E-state index in [0.29, 0.717) is 0 Å². The average molecular weight is 301 g/mol. The van der Waals surface area contributed by atoms with Crippen molar-refractivity contribution in [2.75, 3.05) is 0 Å². The summed E-state index contributed by atoms with van der Waals surface area (Å²) in [6.07, 6.45) is 1.50. The third-order valence-electron chi connectivity index (χ3n) is 3.35. The van der Waals surface area contributed by atoms with Crippen molar-refractivity contribution in [3.63, 3.8) is 0 Å². The van der Waals surface area contributed by atoms with E-state index >= 15 is 0 Å². The molecule has 0 aliphatic rings. The second-order valence-corrected chi connectivity index (χ2v) is 6.03. The van der Waals surface area contributed by atoms with Gasteiger partial charge in [0.25, 0.3) is 0 Å². The lowest BCUT2D eigenvalue weighted by molar-refractivity contribution is 0.748. The van der Waals surface area contributed by atoms with Crippen LogP contribution in [-0.2, 0) is 0 Å². The fourth-order valence-electron chi connectivity index (χ4n) is 1.99. The predicted molar refractivity (Wildman–Crippen MR) is 79.3 cm³/mol. The molecule has 108 valence electrons. The second kappa shape index (κ2) is 5.65. The quantitative estimate of drug-likeness (QED) is 0.744. The number of aromatic nitrogens is 7. The Hall–Kier alpha value is -2.22. The number of rotatable bonds is 4. The Kier molecular flexibility index (Phi) is 3.70. The van der Waals surface area contributed by atoms with Crippen molar-refractivity contribution in [3.05, 3.63) is 41.5 Å². The number of hydrogen-bond donors (Lipinski definition) is 1. The maximum atomic E-state index is 4.17. The van der Waals surface area contributed by atoms with Crippen LogP contribution in [0.15, 0.2) is 29.7 Å². The van der Waals surface area contributed by atoms with E-state index in [9.17, 15) is 0 Å². The first kappa shape index (κ1) is 13.7. The van der Waals surface area contributed by atoms with Crippen molar-refractivity contribution in [2.24, 2.45) is 0 Å². The lowest BCUT2D eigenvalue weighted by Gasteiger charge is -2.11. The smallest absolute Gasteiger partial charge is 0.214 e. The van der Waals surface area contributed by atoms with Gasteiger partial charge in [0.2, 0.25) is 5.16 Å². The van der Waals surface area contributed by atoms with Crippen molar-refractivity contribution >= 4 is 11.8 Å². The van der Waals surface area contributed by atoms with Gasteiger partial charge in [-0.3, -0.25) is 5.10 Å². The third kappa shape index (κ3) is 2.66. The summed E-state index contributed by atoms with van der Waals surface area (Å²) in [7, 11) is 0. The molecule has 0 aliphatic heterocycles. The molecule has 0 spiro atoms. The van der Waals surface area contributed by atoms with Crippen molar-refractivity contribution < 1.29 is 0 Å². The molecule has 0 amide bonds. The minimum absolute atomic E-state index is 0.0855. The van der Waals surface area contributed by atoms with E-state index in [0.717, 1.165) is 16.7 Å². The van der Waals surface area contributed by atoms with Gasteiger partial charge in [-0.15, -0.1) is 5.10 Å². The molecule has 0 aliphatic carbocycles. The number of tetrazole rings is 1. The van der Waals surface area contributed by atoms with Gasteiger partial charge in [-0.1, -0.05) is 23.9 Å². The summed E-state index contributed by atoms with van der Waals surface area (Å²) in [6.45, 7) is 6.18. The Labute approximate surface area is 126 Å². The molecular weight excluding hydrogens is 286 g/mol. The molecule has 1 aromatic carbocycles. The van der Waals surface area contributed by atoms with Crippen molar-refractivity contribution in [1.82, 2.24) is 35.4 Å². The van der Waals surface area contributed by atoms with Crippen LogP contribution in [0.2, 0.25) is 0 Å². The van der Waals surface area contributed by atoms with E-state index in [1.54, 1.807) is 4.68 Å². The summed E-state index contributed by atoms with van der Waals surface area (Å²) in [6, 6.07) is 6.10. The third-order valence-corrected chi connectivity index (χ3v) is 4.39. The number of aryl methyl sites for hydroxylation is 1. The van der Waals surface area contributed by atoms with Crippen LogP contribution in [0, 0.1) is 13.8 Å². The lowest BCUT2D eigenvalue weighted by Crippen LogP contribution is -2.03. The summed E-state index contributed by atoms with van der Waals surface area (Å²) >= 11 is 1.54. The normalized spacial score (nSPS) is 12.5. The second-order valence-electron chi connectivity index (χ2n) is 4.72. The van der Waals surface area contributed by atoms with Crippen LogP contribution in [0.5, 0.6) is 0 Å². The summed E-state index contributed by atoms with van der Waals surface area (Å²) < 4.78 is 1.76. The van der Waals surface area contributed by atoms with E-state index in [4.69, 9.17) is 0 Å². The minimum atomic E-state index is 0.0855. The van der Waals surface area contributed by atoms with Crippen molar-refractivity contribution in [3.8, 4) is 5.69 Å². The SMILES string of the molecule is Cc1cccc(-n2nnnc2SC(C)c2ncn[nH]2)c1C. The number of benzene rings is 1. The van der Waals surface area contributed by atoms with Gasteiger partial charge in [0.1, 0.15) is 12.2 Å². The van der Waals surface area contributed by atoms with Gasteiger partial charge in [0.15, 0.2) is 0 Å². The largest absolute Gasteiger partial charge is 0.262 e. The molecule has 21 heavy (non-hydrogen) atoms. The molecule has 7 nitrogen and oxygen atoms in total. The highest BCUT2D eigenvalue weighted by molar-refractivity contribution is 7.99. The zero-order chi connectivity index (χ0) is 14.8. The fraction of sp³-hybridized carbons (Fsp3) is 0.308. The van der Waals surface area contributed by atoms with Crippen LogP contribution in [-0.4, -0.2) is 35.4 Å². The Balaban J connectivity index is 1.92. The summed E-state index contributed by atoms with van der Waals surface area (Å²) in [5, 5.41) is 19.6. The van der Waals surface area contributed by atoms with Crippen LogP contribution in [0.25, 0.3) is 5.69 Å². The highest BCUT2D eigenvalue weighted by Gasteiger charge is 2.17. The maximum Gasteiger partial charge on any atom is 0.214 e. The van der Waals surface area contributed by atoms with Crippen molar-refractivity contribution in [1.29, 1.82) is 0 Å². The van der Waals surface area contributed by atoms with E-state index in [1.165, 1.54) is 29.2 Å². The monoisotopic (exact) mass is 301 g/mol. The standard InChI is InChI=1S/C13H15N7S/c1-8-5-4-6-11(9(8)2)20-13(17-18-19-20)21-10(3)12-14-7-15-16-12/h4-7,10H,1-3H3,(H,14,15,16). The molecule has 8 heteroatoms. The van der Waals surface area contributed by atoms with Gasteiger partial charge in [-0.2, -0.15) is 9.78 Å². The van der Waals surface area contributed by atoms with E-state index < -0.39 is 0 Å². The number of nitrogens with one attached hydrogen (secondary N) is 1. The topological polar surface area (TPSA) is 85.2 Å². The highest BCUT2D eigenvalue weighted by Crippen LogP contribution is 2.32. The molecule has 2 heterocycles. The van der Waals surface area contributed by atoms with Gasteiger partial charge >= 0.3 is 0 Å². The summed E-state index contributed by atoms with van der Waals surface area (Å²) in [5.41, 5.74) is 3.37. The Bertz CT molecular complexity index is 735. The number of hydrogen-bond acceptors (Lipinski definition) is 6. The zero-order valence-corrected chi connectivity index (χ0v) is 12.8. The molecule has 2 aromatic heterocycles. The number of H-pyrrole nitrogens is 1. The van der Waals surface area contributed by atoms with Gasteiger partial charge < -0.3 is 0 Å². The first-order valence-corrected chi connectivity index (χ1v) is 7.41. The van der Waals surface area contributed by atoms with Gasteiger partial charge in [0, 0.05) is 0 Å². The van der Waals surface area contributed by atoms with Crippen LogP contribution in [0.3, 0.4) is 0 Å². The van der Waals surface area contributed by atoms with E-state index in [-0.39, 0.29) is 5.25 Å². The van der Waals surface area contributed by atoms with E-state index in [2.05, 4.69) is 50.6 Å². The van der Waals surface area contributed by atoms with Crippen LogP contribution < -0.4 is 0 Å². The molecule has 0 fully saturated rings. The lowest BCUT2D eigenvalue weighted by atomic mass is 10.1. The molecule has 1 unspecified atom stereocenters. The number of aromatic amines is 1. The molecule has 0 bridgehead atoms. The Morgan fingerprint density at radius 3 is 2.90 bits per heavy atom.